The number of halogens is 1. The van der Waals surface area contributed by atoms with Gasteiger partial charge in [-0.3, -0.25) is 14.6 Å². The van der Waals surface area contributed by atoms with Crippen LogP contribution in [0.5, 0.6) is 0 Å². The zero-order valence-corrected chi connectivity index (χ0v) is 12.5. The van der Waals surface area contributed by atoms with Crippen molar-refractivity contribution < 1.29 is 9.90 Å². The fourth-order valence-corrected chi connectivity index (χ4v) is 2.93. The highest BCUT2D eigenvalue weighted by atomic mass is 35.5. The minimum atomic E-state index is -0.712. The zero-order chi connectivity index (χ0) is 14.5. The number of piperazine rings is 1. The monoisotopic (exact) mass is 296 g/mol. The number of hydrogen-bond donors (Lipinski definition) is 1. The average molecular weight is 297 g/mol. The van der Waals surface area contributed by atoms with Crippen LogP contribution in [-0.2, 0) is 11.3 Å². The van der Waals surface area contributed by atoms with Crippen molar-refractivity contribution in [3.63, 3.8) is 0 Å². The molecule has 0 spiro atoms. The van der Waals surface area contributed by atoms with Crippen molar-refractivity contribution in [2.24, 2.45) is 0 Å². The van der Waals surface area contributed by atoms with E-state index in [2.05, 4.69) is 15.9 Å². The summed E-state index contributed by atoms with van der Waals surface area (Å²) >= 11 is 5.99. The third-order valence-corrected chi connectivity index (χ3v) is 4.05. The van der Waals surface area contributed by atoms with E-state index in [-0.39, 0.29) is 6.04 Å². The highest BCUT2D eigenvalue weighted by Gasteiger charge is 2.27. The Bertz CT molecular complexity index is 459. The Hall–Kier alpha value is -1.10. The van der Waals surface area contributed by atoms with Crippen molar-refractivity contribution in [3.8, 4) is 0 Å². The van der Waals surface area contributed by atoms with E-state index >= 15 is 0 Å². The van der Waals surface area contributed by atoms with Gasteiger partial charge in [0.1, 0.15) is 6.04 Å². The zero-order valence-electron chi connectivity index (χ0n) is 11.8. The Balaban J connectivity index is 1.86. The topological polar surface area (TPSA) is 43.8 Å². The molecule has 1 fully saturated rings. The minimum absolute atomic E-state index is 0.344. The van der Waals surface area contributed by atoms with E-state index in [1.807, 2.05) is 25.1 Å². The number of nitrogens with zero attached hydrogens (tertiary/aromatic N) is 2. The lowest BCUT2D eigenvalue weighted by Crippen LogP contribution is -2.52. The molecule has 1 aliphatic heterocycles. The third kappa shape index (κ3) is 3.95. The second kappa shape index (κ2) is 7.07. The summed E-state index contributed by atoms with van der Waals surface area (Å²) in [5.41, 5.74) is 1.20. The van der Waals surface area contributed by atoms with E-state index in [0.29, 0.717) is 6.42 Å². The van der Waals surface area contributed by atoms with Crippen LogP contribution in [0.4, 0.5) is 0 Å². The number of carboxylic acid groups (broad SMARTS) is 1. The van der Waals surface area contributed by atoms with Gasteiger partial charge in [0.25, 0.3) is 0 Å². The summed E-state index contributed by atoms with van der Waals surface area (Å²) in [4.78, 5) is 15.6. The lowest BCUT2D eigenvalue weighted by molar-refractivity contribution is -0.144. The van der Waals surface area contributed by atoms with E-state index in [9.17, 15) is 9.90 Å². The van der Waals surface area contributed by atoms with Crippen molar-refractivity contribution >= 4 is 17.6 Å². The number of aliphatic carboxylic acids is 1. The van der Waals surface area contributed by atoms with E-state index in [4.69, 9.17) is 11.6 Å². The predicted octanol–water partition coefficient (Wildman–Crippen LogP) is 2.32. The van der Waals surface area contributed by atoms with Crippen LogP contribution in [0.15, 0.2) is 24.3 Å². The maximum atomic E-state index is 11.2. The Morgan fingerprint density at radius 2 is 2.05 bits per heavy atom. The summed E-state index contributed by atoms with van der Waals surface area (Å²) in [5.74, 6) is -0.712. The molecule has 0 unspecified atom stereocenters. The van der Waals surface area contributed by atoms with E-state index in [0.717, 1.165) is 37.7 Å². The largest absolute Gasteiger partial charge is 0.480 e. The number of carbonyl (C=O) groups is 1. The first kappa shape index (κ1) is 15.3. The van der Waals surface area contributed by atoms with Crippen LogP contribution in [0.1, 0.15) is 18.9 Å². The highest BCUT2D eigenvalue weighted by Crippen LogP contribution is 2.15. The van der Waals surface area contributed by atoms with Crippen molar-refractivity contribution in [2.45, 2.75) is 25.9 Å². The van der Waals surface area contributed by atoms with Crippen molar-refractivity contribution in [3.05, 3.63) is 34.9 Å². The maximum Gasteiger partial charge on any atom is 0.320 e. The molecular formula is C15H21ClN2O2. The summed E-state index contributed by atoms with van der Waals surface area (Å²) in [7, 11) is 0. The van der Waals surface area contributed by atoms with Crippen LogP contribution in [0.3, 0.4) is 0 Å². The molecular weight excluding hydrogens is 276 g/mol. The van der Waals surface area contributed by atoms with Gasteiger partial charge in [0.15, 0.2) is 0 Å². The second-order valence-corrected chi connectivity index (χ2v) is 5.64. The van der Waals surface area contributed by atoms with Gasteiger partial charge >= 0.3 is 5.97 Å². The van der Waals surface area contributed by atoms with Gasteiger partial charge in [0.2, 0.25) is 0 Å². The molecule has 1 N–H and O–H groups in total. The van der Waals surface area contributed by atoms with E-state index < -0.39 is 5.97 Å². The SMILES string of the molecule is CC[C@H](C(=O)O)N1CCN(Cc2cccc(Cl)c2)CC1. The Morgan fingerprint density at radius 1 is 1.35 bits per heavy atom. The Kier molecular flexibility index (Phi) is 5.40. The van der Waals surface area contributed by atoms with Gasteiger partial charge in [-0.05, 0) is 24.1 Å². The van der Waals surface area contributed by atoms with Crippen LogP contribution < -0.4 is 0 Å². The molecule has 0 aromatic heterocycles. The number of hydrogen-bond acceptors (Lipinski definition) is 3. The molecule has 1 saturated heterocycles. The molecule has 0 saturated carbocycles. The molecule has 1 aromatic rings. The maximum absolute atomic E-state index is 11.2. The van der Waals surface area contributed by atoms with Gasteiger partial charge in [-0.25, -0.2) is 0 Å². The molecule has 0 bridgehead atoms. The van der Waals surface area contributed by atoms with Crippen LogP contribution in [0.25, 0.3) is 0 Å². The quantitative estimate of drug-likeness (QED) is 0.906. The number of rotatable bonds is 5. The van der Waals surface area contributed by atoms with Crippen LogP contribution >= 0.6 is 11.6 Å². The molecule has 2 rings (SSSR count). The van der Waals surface area contributed by atoms with Gasteiger partial charge in [-0.15, -0.1) is 0 Å². The summed E-state index contributed by atoms with van der Waals surface area (Å²) in [5, 5.41) is 9.95. The molecule has 1 aliphatic rings. The Labute approximate surface area is 124 Å². The van der Waals surface area contributed by atoms with Crippen LogP contribution in [-0.4, -0.2) is 53.1 Å². The summed E-state index contributed by atoms with van der Waals surface area (Å²) in [6.07, 6.45) is 0.656. The molecule has 1 aromatic carbocycles. The molecule has 0 aliphatic carbocycles. The molecule has 0 radical (unpaired) electrons. The normalized spacial score (nSPS) is 18.9. The number of benzene rings is 1. The van der Waals surface area contributed by atoms with Crippen molar-refractivity contribution in [1.29, 1.82) is 0 Å². The van der Waals surface area contributed by atoms with Crippen LogP contribution in [0, 0.1) is 0 Å². The lowest BCUT2D eigenvalue weighted by Gasteiger charge is -2.37. The van der Waals surface area contributed by atoms with Gasteiger partial charge in [0, 0.05) is 37.7 Å². The van der Waals surface area contributed by atoms with E-state index in [1.54, 1.807) is 0 Å². The number of carboxylic acids is 1. The lowest BCUT2D eigenvalue weighted by atomic mass is 10.1. The van der Waals surface area contributed by atoms with Crippen LogP contribution in [0.2, 0.25) is 5.02 Å². The molecule has 0 amide bonds. The summed E-state index contributed by atoms with van der Waals surface area (Å²) < 4.78 is 0. The Morgan fingerprint density at radius 3 is 2.60 bits per heavy atom. The fraction of sp³-hybridized carbons (Fsp3) is 0.533. The molecule has 1 heterocycles. The molecule has 4 nitrogen and oxygen atoms in total. The summed E-state index contributed by atoms with van der Waals surface area (Å²) in [6.45, 7) is 6.22. The average Bonchev–Trinajstić information content (AvgIpc) is 2.41. The predicted molar refractivity (Wildman–Crippen MR) is 80.0 cm³/mol. The fourth-order valence-electron chi connectivity index (χ4n) is 2.72. The summed E-state index contributed by atoms with van der Waals surface area (Å²) in [6, 6.07) is 7.56. The van der Waals surface area contributed by atoms with Gasteiger partial charge in [-0.1, -0.05) is 30.7 Å². The molecule has 1 atom stereocenters. The standard InChI is InChI=1S/C15H21ClN2O2/c1-2-14(15(19)20)18-8-6-17(7-9-18)11-12-4-3-5-13(16)10-12/h3-5,10,14H,2,6-9,11H2,1H3,(H,19,20)/t14-/m1/s1. The van der Waals surface area contributed by atoms with Gasteiger partial charge in [0.05, 0.1) is 0 Å². The molecule has 5 heteroatoms. The van der Waals surface area contributed by atoms with Crippen molar-refractivity contribution in [2.75, 3.05) is 26.2 Å². The van der Waals surface area contributed by atoms with Gasteiger partial charge in [-0.2, -0.15) is 0 Å². The molecule has 20 heavy (non-hydrogen) atoms. The molecule has 110 valence electrons. The second-order valence-electron chi connectivity index (χ2n) is 5.20. The van der Waals surface area contributed by atoms with Gasteiger partial charge < -0.3 is 5.11 Å². The minimum Gasteiger partial charge on any atom is -0.480 e. The first-order valence-electron chi connectivity index (χ1n) is 7.04. The highest BCUT2D eigenvalue weighted by molar-refractivity contribution is 6.30. The first-order chi connectivity index (χ1) is 9.60. The third-order valence-electron chi connectivity index (χ3n) is 3.81. The van der Waals surface area contributed by atoms with E-state index in [1.165, 1.54) is 5.56 Å². The van der Waals surface area contributed by atoms with Crippen molar-refractivity contribution in [1.82, 2.24) is 9.80 Å². The first-order valence-corrected chi connectivity index (χ1v) is 7.41. The smallest absolute Gasteiger partial charge is 0.320 e.